The molecule has 19 heavy (non-hydrogen) atoms. The minimum absolute atomic E-state index is 0.178. The maximum Gasteiger partial charge on any atom is 0.344 e. The number of nitrogens with zero attached hydrogens (tertiary/aromatic N) is 2. The van der Waals surface area contributed by atoms with E-state index in [1.165, 1.54) is 7.11 Å². The van der Waals surface area contributed by atoms with Crippen molar-refractivity contribution in [3.05, 3.63) is 35.2 Å². The molecular formula is C12H14N4O2S. The number of nitrogen functional groups attached to an aromatic ring is 1. The van der Waals surface area contributed by atoms with Crippen molar-refractivity contribution in [2.75, 3.05) is 18.2 Å². The lowest BCUT2D eigenvalue weighted by atomic mass is 10.2. The molecule has 0 aliphatic heterocycles. The van der Waals surface area contributed by atoms with Gasteiger partial charge in [0.1, 0.15) is 10.6 Å². The first-order valence-electron chi connectivity index (χ1n) is 5.61. The number of rotatable bonds is 4. The van der Waals surface area contributed by atoms with E-state index < -0.39 is 5.97 Å². The lowest BCUT2D eigenvalue weighted by Gasteiger charge is -2.07. The van der Waals surface area contributed by atoms with Crippen LogP contribution >= 0.6 is 11.5 Å². The highest BCUT2D eigenvalue weighted by atomic mass is 32.1. The summed E-state index contributed by atoms with van der Waals surface area (Å²) in [5.74, 6) is -0.316. The predicted octanol–water partition coefficient (Wildman–Crippen LogP) is 1.83. The maximum absolute atomic E-state index is 11.6. The minimum atomic E-state index is -0.494. The van der Waals surface area contributed by atoms with Crippen molar-refractivity contribution in [3.63, 3.8) is 0 Å². The van der Waals surface area contributed by atoms with Crippen molar-refractivity contribution in [2.24, 2.45) is 0 Å². The number of hydrogen-bond donors (Lipinski definition) is 2. The Morgan fingerprint density at radius 2 is 2.37 bits per heavy atom. The van der Waals surface area contributed by atoms with Crippen LogP contribution in [-0.2, 0) is 11.3 Å². The van der Waals surface area contributed by atoms with Gasteiger partial charge in [0.25, 0.3) is 0 Å². The average molecular weight is 278 g/mol. The predicted molar refractivity (Wildman–Crippen MR) is 74.2 cm³/mol. The van der Waals surface area contributed by atoms with E-state index in [2.05, 4.69) is 19.4 Å². The van der Waals surface area contributed by atoms with Crippen LogP contribution in [0.4, 0.5) is 10.8 Å². The topological polar surface area (TPSA) is 90.1 Å². The molecule has 0 radical (unpaired) electrons. The Labute approximate surface area is 114 Å². The number of carbonyl (C=O) groups is 1. The van der Waals surface area contributed by atoms with Crippen LogP contribution in [0.25, 0.3) is 0 Å². The summed E-state index contributed by atoms with van der Waals surface area (Å²) in [6.07, 6.45) is 1.73. The summed E-state index contributed by atoms with van der Waals surface area (Å²) in [5.41, 5.74) is 7.92. The summed E-state index contributed by atoms with van der Waals surface area (Å²) in [7, 11) is 1.31. The Bertz CT molecular complexity index is 597. The molecule has 0 aliphatic rings. The van der Waals surface area contributed by atoms with Crippen LogP contribution in [0.3, 0.4) is 0 Å². The zero-order valence-corrected chi connectivity index (χ0v) is 11.5. The normalized spacial score (nSPS) is 10.2. The lowest BCUT2D eigenvalue weighted by molar-refractivity contribution is 0.0603. The number of aryl methyl sites for hydroxylation is 1. The van der Waals surface area contributed by atoms with Crippen LogP contribution < -0.4 is 11.1 Å². The third-order valence-electron chi connectivity index (χ3n) is 2.64. The van der Waals surface area contributed by atoms with Crippen LogP contribution in [0, 0.1) is 6.92 Å². The third-order valence-corrected chi connectivity index (χ3v) is 3.46. The second-order valence-electron chi connectivity index (χ2n) is 3.88. The fourth-order valence-electron chi connectivity index (χ4n) is 1.59. The molecule has 0 amide bonds. The summed E-state index contributed by atoms with van der Waals surface area (Å²) in [6.45, 7) is 2.48. The molecule has 0 spiro atoms. The van der Waals surface area contributed by atoms with Gasteiger partial charge in [-0.15, -0.1) is 0 Å². The number of nitrogens with one attached hydrogen (secondary N) is 1. The summed E-state index contributed by atoms with van der Waals surface area (Å²) >= 11 is 1.13. The molecule has 0 unspecified atom stereocenters. The Morgan fingerprint density at radius 1 is 1.58 bits per heavy atom. The van der Waals surface area contributed by atoms with E-state index >= 15 is 0 Å². The molecule has 100 valence electrons. The first kappa shape index (κ1) is 13.3. The lowest BCUT2D eigenvalue weighted by Crippen LogP contribution is -2.09. The van der Waals surface area contributed by atoms with Gasteiger partial charge in [-0.3, -0.25) is 4.98 Å². The van der Waals surface area contributed by atoms with Gasteiger partial charge in [-0.25, -0.2) is 4.79 Å². The molecule has 0 atom stereocenters. The molecule has 2 aromatic heterocycles. The van der Waals surface area contributed by atoms with E-state index in [9.17, 15) is 4.79 Å². The van der Waals surface area contributed by atoms with Crippen molar-refractivity contribution in [1.29, 1.82) is 0 Å². The van der Waals surface area contributed by atoms with Gasteiger partial charge in [0.05, 0.1) is 19.3 Å². The van der Waals surface area contributed by atoms with Crippen molar-refractivity contribution in [2.45, 2.75) is 13.5 Å². The molecule has 0 saturated heterocycles. The fraction of sp³-hybridized carbons (Fsp3) is 0.250. The molecule has 2 heterocycles. The molecule has 0 fully saturated rings. The summed E-state index contributed by atoms with van der Waals surface area (Å²) in [6, 6.07) is 3.86. The standard InChI is InChI=1S/C12H14N4O2S/c1-7-4-3-5-14-8(7)6-15-11-9(12(17)18-2)10(13)16-19-11/h3-5,15H,6H2,1-2H3,(H2,13,16). The van der Waals surface area contributed by atoms with Gasteiger partial charge < -0.3 is 15.8 Å². The second kappa shape index (κ2) is 5.66. The molecule has 0 aliphatic carbocycles. The van der Waals surface area contributed by atoms with Crippen LogP contribution in [0.2, 0.25) is 0 Å². The van der Waals surface area contributed by atoms with Gasteiger partial charge in [0, 0.05) is 6.20 Å². The van der Waals surface area contributed by atoms with Crippen molar-refractivity contribution < 1.29 is 9.53 Å². The van der Waals surface area contributed by atoms with Gasteiger partial charge in [0.15, 0.2) is 5.82 Å². The van der Waals surface area contributed by atoms with E-state index in [0.717, 1.165) is 22.8 Å². The highest BCUT2D eigenvalue weighted by Gasteiger charge is 2.19. The van der Waals surface area contributed by atoms with E-state index in [1.807, 2.05) is 19.1 Å². The van der Waals surface area contributed by atoms with Crippen LogP contribution in [0.1, 0.15) is 21.6 Å². The van der Waals surface area contributed by atoms with E-state index in [-0.39, 0.29) is 11.4 Å². The SMILES string of the molecule is COC(=O)c1c(N)nsc1NCc1ncccc1C. The third kappa shape index (κ3) is 2.82. The van der Waals surface area contributed by atoms with E-state index in [4.69, 9.17) is 5.73 Å². The number of nitrogens with two attached hydrogens (primary N) is 1. The summed E-state index contributed by atoms with van der Waals surface area (Å²) < 4.78 is 8.64. The highest BCUT2D eigenvalue weighted by molar-refractivity contribution is 7.11. The molecule has 2 aromatic rings. The molecule has 0 aromatic carbocycles. The summed E-state index contributed by atoms with van der Waals surface area (Å²) in [5, 5.41) is 3.71. The Balaban J connectivity index is 2.17. The van der Waals surface area contributed by atoms with Crippen LogP contribution in [-0.4, -0.2) is 22.4 Å². The minimum Gasteiger partial charge on any atom is -0.465 e. The molecule has 0 bridgehead atoms. The van der Waals surface area contributed by atoms with Crippen LogP contribution in [0.15, 0.2) is 18.3 Å². The van der Waals surface area contributed by atoms with Gasteiger partial charge in [-0.05, 0) is 30.1 Å². The molecular weight excluding hydrogens is 264 g/mol. The molecule has 6 nitrogen and oxygen atoms in total. The number of carbonyl (C=O) groups excluding carboxylic acids is 1. The molecule has 3 N–H and O–H groups in total. The largest absolute Gasteiger partial charge is 0.465 e. The Morgan fingerprint density at radius 3 is 3.05 bits per heavy atom. The zero-order chi connectivity index (χ0) is 13.8. The first-order valence-corrected chi connectivity index (χ1v) is 6.38. The number of esters is 1. The van der Waals surface area contributed by atoms with Gasteiger partial charge in [0.2, 0.25) is 0 Å². The second-order valence-corrected chi connectivity index (χ2v) is 4.66. The number of ether oxygens (including phenoxy) is 1. The fourth-order valence-corrected chi connectivity index (χ4v) is 2.29. The average Bonchev–Trinajstić information content (AvgIpc) is 2.78. The van der Waals surface area contributed by atoms with E-state index in [0.29, 0.717) is 11.5 Å². The molecule has 0 saturated carbocycles. The highest BCUT2D eigenvalue weighted by Crippen LogP contribution is 2.27. The number of hydrogen-bond acceptors (Lipinski definition) is 7. The zero-order valence-electron chi connectivity index (χ0n) is 10.6. The van der Waals surface area contributed by atoms with Gasteiger partial charge >= 0.3 is 5.97 Å². The van der Waals surface area contributed by atoms with E-state index in [1.54, 1.807) is 6.20 Å². The summed E-state index contributed by atoms with van der Waals surface area (Å²) in [4.78, 5) is 15.9. The quantitative estimate of drug-likeness (QED) is 0.829. The smallest absolute Gasteiger partial charge is 0.344 e. The first-order chi connectivity index (χ1) is 9.13. The number of aromatic nitrogens is 2. The van der Waals surface area contributed by atoms with Gasteiger partial charge in [-0.1, -0.05) is 6.07 Å². The molecule has 2 rings (SSSR count). The maximum atomic E-state index is 11.6. The van der Waals surface area contributed by atoms with Crippen molar-refractivity contribution in [1.82, 2.24) is 9.36 Å². The monoisotopic (exact) mass is 278 g/mol. The van der Waals surface area contributed by atoms with Crippen LogP contribution in [0.5, 0.6) is 0 Å². The number of methoxy groups -OCH3 is 1. The number of anilines is 2. The van der Waals surface area contributed by atoms with Crippen molar-refractivity contribution in [3.8, 4) is 0 Å². The number of pyridine rings is 1. The Kier molecular flexibility index (Phi) is 3.96. The van der Waals surface area contributed by atoms with Crippen molar-refractivity contribution >= 4 is 28.3 Å². The molecule has 7 heteroatoms. The van der Waals surface area contributed by atoms with Gasteiger partial charge in [-0.2, -0.15) is 4.37 Å². The Hall–Kier alpha value is -2.15.